The van der Waals surface area contributed by atoms with Crippen molar-refractivity contribution in [2.24, 2.45) is 0 Å². The third-order valence-electron chi connectivity index (χ3n) is 15.2. The number of hydrogen-bond donors (Lipinski definition) is 0. The fraction of sp³-hybridized carbons (Fsp3) is 0.0278. The summed E-state index contributed by atoms with van der Waals surface area (Å²) in [5.74, 6) is 0.346. The maximum Gasteiger partial charge on any atom is 0.0547 e. The summed E-state index contributed by atoms with van der Waals surface area (Å²) in [5, 5.41) is 4.92. The fourth-order valence-electron chi connectivity index (χ4n) is 11.5. The summed E-state index contributed by atoms with van der Waals surface area (Å²) in [6.07, 6.45) is 7.99. The number of nitrogens with zero attached hydrogens (tertiary/aromatic N) is 3. The minimum absolute atomic E-state index is 0.346. The maximum atomic E-state index is 2.45. The average Bonchev–Trinajstić information content (AvgIpc) is 4.01. The van der Waals surface area contributed by atoms with Crippen molar-refractivity contribution in [1.82, 2.24) is 9.13 Å². The van der Waals surface area contributed by atoms with Crippen molar-refractivity contribution >= 4 is 55.0 Å². The SMILES string of the molecule is C1=CC(c2ccccc2)CC=C1N(c1ccc(-c2ccccc2)cc1)c1ccc(-n2c3ccccc3c3ccc(-c4ccc5c(c4)c4ccccc4n5-c4cc(-c5ccccc5)cc(-c5ccccc5)c4)cc32)cc1. The van der Waals surface area contributed by atoms with Gasteiger partial charge in [0, 0.05) is 55.9 Å². The van der Waals surface area contributed by atoms with Crippen LogP contribution in [0.2, 0.25) is 0 Å². The van der Waals surface area contributed by atoms with Crippen LogP contribution in [0.5, 0.6) is 0 Å². The zero-order valence-electron chi connectivity index (χ0n) is 41.3. The van der Waals surface area contributed by atoms with Gasteiger partial charge in [-0.2, -0.15) is 0 Å². The molecule has 11 aromatic carbocycles. The van der Waals surface area contributed by atoms with Crippen LogP contribution in [0.1, 0.15) is 17.9 Å². The van der Waals surface area contributed by atoms with Crippen LogP contribution in [-0.4, -0.2) is 9.13 Å². The first-order valence-electron chi connectivity index (χ1n) is 26.0. The molecule has 0 bridgehead atoms. The largest absolute Gasteiger partial charge is 0.311 e. The molecule has 3 nitrogen and oxygen atoms in total. The molecule has 0 saturated carbocycles. The van der Waals surface area contributed by atoms with Crippen LogP contribution in [0.4, 0.5) is 11.4 Å². The fourth-order valence-corrected chi connectivity index (χ4v) is 11.5. The van der Waals surface area contributed by atoms with E-state index in [2.05, 4.69) is 305 Å². The lowest BCUT2D eigenvalue weighted by molar-refractivity contribution is 0.840. The molecule has 354 valence electrons. The molecular weight excluding hydrogens is 907 g/mol. The number of fused-ring (bicyclic) bond motifs is 6. The lowest BCUT2D eigenvalue weighted by atomic mass is 9.91. The van der Waals surface area contributed by atoms with Gasteiger partial charge in [-0.25, -0.2) is 0 Å². The molecule has 0 saturated heterocycles. The molecule has 0 spiro atoms. The topological polar surface area (TPSA) is 13.1 Å². The summed E-state index contributed by atoms with van der Waals surface area (Å²) in [7, 11) is 0. The molecule has 0 fully saturated rings. The standard InChI is InChI=1S/C72H51N3/c1-5-17-50(18-6-1)54-29-35-60(36-30-54)73(61-37-31-55(32-38-61)51-19-7-2-8-20-51)62-39-41-63(42-40-62)74-69-27-15-13-25-65(69)67-43-33-57(49-72(67)74)56-34-44-71-68(48-56)66-26-14-16-28-70(66)75(71)64-46-58(52-21-9-3-10-22-52)45-59(47-64)53-23-11-4-12-24-53/h1-31,33-49,55H,32H2. The predicted octanol–water partition coefficient (Wildman–Crippen LogP) is 19.3. The minimum atomic E-state index is 0.346. The van der Waals surface area contributed by atoms with Gasteiger partial charge in [-0.3, -0.25) is 0 Å². The van der Waals surface area contributed by atoms with E-state index >= 15 is 0 Å². The third kappa shape index (κ3) is 8.03. The van der Waals surface area contributed by atoms with Gasteiger partial charge in [-0.05, 0) is 147 Å². The van der Waals surface area contributed by atoms with Gasteiger partial charge in [-0.15, -0.1) is 0 Å². The molecule has 13 aromatic rings. The van der Waals surface area contributed by atoms with Crippen molar-refractivity contribution in [2.75, 3.05) is 4.90 Å². The summed E-state index contributed by atoms with van der Waals surface area (Å²) < 4.78 is 4.89. The second kappa shape index (κ2) is 18.7. The Hall–Kier alpha value is -9.70. The van der Waals surface area contributed by atoms with Crippen molar-refractivity contribution in [3.63, 3.8) is 0 Å². The number of allylic oxidation sites excluding steroid dienone is 3. The molecule has 0 amide bonds. The highest BCUT2D eigenvalue weighted by atomic mass is 15.1. The molecule has 0 N–H and O–H groups in total. The number of benzene rings is 11. The van der Waals surface area contributed by atoms with Crippen LogP contribution in [0, 0.1) is 0 Å². The van der Waals surface area contributed by atoms with E-state index in [-0.39, 0.29) is 0 Å². The van der Waals surface area contributed by atoms with Crippen LogP contribution in [0.25, 0.3) is 99.5 Å². The van der Waals surface area contributed by atoms with Crippen molar-refractivity contribution in [2.45, 2.75) is 12.3 Å². The van der Waals surface area contributed by atoms with Crippen molar-refractivity contribution in [1.29, 1.82) is 0 Å². The molecule has 0 radical (unpaired) electrons. The van der Waals surface area contributed by atoms with Crippen LogP contribution in [0.15, 0.2) is 297 Å². The summed E-state index contributed by atoms with van der Waals surface area (Å²) in [6.45, 7) is 0. The highest BCUT2D eigenvalue weighted by molar-refractivity contribution is 6.12. The lowest BCUT2D eigenvalue weighted by Gasteiger charge is -2.29. The molecule has 1 aliphatic carbocycles. The van der Waals surface area contributed by atoms with Crippen molar-refractivity contribution in [3.05, 3.63) is 302 Å². The average molecular weight is 958 g/mol. The smallest absolute Gasteiger partial charge is 0.0547 e. The minimum Gasteiger partial charge on any atom is -0.311 e. The predicted molar refractivity (Wildman–Crippen MR) is 316 cm³/mol. The van der Waals surface area contributed by atoms with Gasteiger partial charge in [0.1, 0.15) is 0 Å². The van der Waals surface area contributed by atoms with Crippen LogP contribution < -0.4 is 4.90 Å². The molecule has 2 aromatic heterocycles. The number of anilines is 2. The van der Waals surface area contributed by atoms with E-state index < -0.39 is 0 Å². The van der Waals surface area contributed by atoms with Crippen LogP contribution in [0.3, 0.4) is 0 Å². The maximum absolute atomic E-state index is 2.45. The van der Waals surface area contributed by atoms with Gasteiger partial charge in [0.05, 0.1) is 22.1 Å². The van der Waals surface area contributed by atoms with Gasteiger partial charge >= 0.3 is 0 Å². The van der Waals surface area contributed by atoms with E-state index in [0.717, 1.165) is 29.2 Å². The second-order valence-corrected chi connectivity index (χ2v) is 19.7. The Morgan fingerprint density at radius 3 is 1.36 bits per heavy atom. The highest BCUT2D eigenvalue weighted by Gasteiger charge is 2.21. The Kier molecular flexibility index (Phi) is 11.0. The van der Waals surface area contributed by atoms with E-state index in [4.69, 9.17) is 0 Å². The second-order valence-electron chi connectivity index (χ2n) is 19.7. The number of para-hydroxylation sites is 2. The molecule has 0 aliphatic heterocycles. The molecule has 1 aliphatic rings. The van der Waals surface area contributed by atoms with E-state index in [1.165, 1.54) is 99.4 Å². The number of rotatable bonds is 10. The number of aromatic nitrogens is 2. The third-order valence-corrected chi connectivity index (χ3v) is 15.2. The van der Waals surface area contributed by atoms with E-state index in [1.807, 2.05) is 0 Å². The summed E-state index contributed by atoms with van der Waals surface area (Å²) in [5.41, 5.74) is 21.2. The van der Waals surface area contributed by atoms with E-state index in [0.29, 0.717) is 5.92 Å². The summed E-state index contributed by atoms with van der Waals surface area (Å²) in [6, 6.07) is 99.7. The molecule has 2 heterocycles. The summed E-state index contributed by atoms with van der Waals surface area (Å²) in [4.78, 5) is 2.40. The van der Waals surface area contributed by atoms with Gasteiger partial charge in [0.15, 0.2) is 0 Å². The van der Waals surface area contributed by atoms with Crippen LogP contribution >= 0.6 is 0 Å². The Labute approximate surface area is 437 Å². The zero-order valence-corrected chi connectivity index (χ0v) is 41.3. The molecule has 75 heavy (non-hydrogen) atoms. The lowest BCUT2D eigenvalue weighted by Crippen LogP contribution is -2.17. The Bertz CT molecular complexity index is 4220. The normalized spacial score (nSPS) is 13.4. The summed E-state index contributed by atoms with van der Waals surface area (Å²) >= 11 is 0. The molecule has 1 unspecified atom stereocenters. The van der Waals surface area contributed by atoms with Gasteiger partial charge in [0.25, 0.3) is 0 Å². The quantitative estimate of drug-likeness (QED) is 0.133. The first-order valence-corrected chi connectivity index (χ1v) is 26.0. The van der Waals surface area contributed by atoms with Crippen molar-refractivity contribution < 1.29 is 0 Å². The Balaban J connectivity index is 0.858. The highest BCUT2D eigenvalue weighted by Crippen LogP contribution is 2.42. The van der Waals surface area contributed by atoms with Crippen LogP contribution in [-0.2, 0) is 0 Å². The molecule has 1 atom stereocenters. The molecule has 14 rings (SSSR count). The molecular formula is C72H51N3. The zero-order chi connectivity index (χ0) is 49.7. The van der Waals surface area contributed by atoms with E-state index in [1.54, 1.807) is 0 Å². The van der Waals surface area contributed by atoms with E-state index in [9.17, 15) is 0 Å². The Morgan fingerprint density at radius 1 is 0.307 bits per heavy atom. The first kappa shape index (κ1) is 44.0. The van der Waals surface area contributed by atoms with Gasteiger partial charge < -0.3 is 14.0 Å². The molecule has 3 heteroatoms. The van der Waals surface area contributed by atoms with Crippen molar-refractivity contribution in [3.8, 4) is 55.9 Å². The number of hydrogen-bond acceptors (Lipinski definition) is 1. The Morgan fingerprint density at radius 2 is 0.760 bits per heavy atom. The monoisotopic (exact) mass is 957 g/mol. The van der Waals surface area contributed by atoms with Gasteiger partial charge in [-0.1, -0.05) is 200 Å². The first-order chi connectivity index (χ1) is 37.2. The van der Waals surface area contributed by atoms with Gasteiger partial charge in [0.2, 0.25) is 0 Å².